The van der Waals surface area contributed by atoms with Crippen molar-refractivity contribution in [1.29, 1.82) is 0 Å². The van der Waals surface area contributed by atoms with Crippen LogP contribution in [0.2, 0.25) is 0 Å². The van der Waals surface area contributed by atoms with Gasteiger partial charge in [0.05, 0.1) is 17.6 Å². The van der Waals surface area contributed by atoms with Crippen LogP contribution >= 0.6 is 0 Å². The van der Waals surface area contributed by atoms with Crippen molar-refractivity contribution in [3.63, 3.8) is 0 Å². The molecule has 1 unspecified atom stereocenters. The number of nitrogens with one attached hydrogen (secondary N) is 1. The van der Waals surface area contributed by atoms with E-state index in [1.54, 1.807) is 0 Å². The summed E-state index contributed by atoms with van der Waals surface area (Å²) in [6.45, 7) is 5.83. The van der Waals surface area contributed by atoms with E-state index in [-0.39, 0.29) is 6.04 Å². The van der Waals surface area contributed by atoms with Gasteiger partial charge < -0.3 is 10.1 Å². The van der Waals surface area contributed by atoms with E-state index in [4.69, 9.17) is 4.74 Å². The third-order valence-electron chi connectivity index (χ3n) is 8.03. The monoisotopic (exact) mass is 492 g/mol. The summed E-state index contributed by atoms with van der Waals surface area (Å²) in [5.74, 6) is 0.689. The lowest BCUT2D eigenvalue weighted by Crippen LogP contribution is -2.52. The summed E-state index contributed by atoms with van der Waals surface area (Å²) in [7, 11) is 2.03. The van der Waals surface area contributed by atoms with Gasteiger partial charge in [-0.05, 0) is 54.3 Å². The van der Waals surface area contributed by atoms with E-state index < -0.39 is 0 Å². The lowest BCUT2D eigenvalue weighted by atomic mass is 9.92. The van der Waals surface area contributed by atoms with Crippen LogP contribution in [0.3, 0.4) is 0 Å². The Morgan fingerprint density at radius 3 is 2.16 bits per heavy atom. The molecule has 1 aromatic heterocycles. The van der Waals surface area contributed by atoms with Crippen LogP contribution in [0.1, 0.15) is 28.3 Å². The van der Waals surface area contributed by atoms with E-state index in [1.807, 2.05) is 31.3 Å². The number of para-hydroxylation sites is 1. The molecule has 5 heteroatoms. The Labute approximate surface area is 220 Å². The molecule has 2 aliphatic rings. The predicted molar refractivity (Wildman–Crippen MR) is 150 cm³/mol. The zero-order valence-electron chi connectivity index (χ0n) is 21.6. The average Bonchev–Trinajstić information content (AvgIpc) is 3.12. The SMILES string of the molecule is CNC(COc1ccc2ccccc2n1)CN1CCN(C2c3ccccc3CCc3ccccc32)CC1. The Kier molecular flexibility index (Phi) is 7.18. The Balaban J connectivity index is 1.10. The van der Waals surface area contributed by atoms with Crippen molar-refractivity contribution < 1.29 is 4.74 Å². The molecule has 1 saturated heterocycles. The van der Waals surface area contributed by atoms with E-state index in [1.165, 1.54) is 22.3 Å². The molecular formula is C32H36N4O. The molecule has 190 valence electrons. The van der Waals surface area contributed by atoms with Crippen molar-refractivity contribution in [3.8, 4) is 5.88 Å². The number of rotatable bonds is 7. The molecule has 37 heavy (non-hydrogen) atoms. The van der Waals surface area contributed by atoms with Crippen LogP contribution in [0.5, 0.6) is 5.88 Å². The molecule has 0 amide bonds. The number of piperazine rings is 1. The first kappa shape index (κ1) is 24.1. The molecule has 4 aromatic rings. The van der Waals surface area contributed by atoms with Crippen molar-refractivity contribution in [2.75, 3.05) is 46.4 Å². The minimum absolute atomic E-state index is 0.249. The Morgan fingerprint density at radius 2 is 1.46 bits per heavy atom. The van der Waals surface area contributed by atoms with Crippen molar-refractivity contribution >= 4 is 10.9 Å². The van der Waals surface area contributed by atoms with Crippen LogP contribution < -0.4 is 10.1 Å². The van der Waals surface area contributed by atoms with Gasteiger partial charge in [0.1, 0.15) is 6.61 Å². The number of hydrogen-bond acceptors (Lipinski definition) is 5. The van der Waals surface area contributed by atoms with Gasteiger partial charge in [-0.25, -0.2) is 4.98 Å². The van der Waals surface area contributed by atoms with Crippen molar-refractivity contribution in [3.05, 3.63) is 107 Å². The van der Waals surface area contributed by atoms with E-state index in [0.717, 1.165) is 56.5 Å². The number of benzene rings is 3. The highest BCUT2D eigenvalue weighted by Gasteiger charge is 2.31. The maximum atomic E-state index is 6.11. The van der Waals surface area contributed by atoms with Gasteiger partial charge >= 0.3 is 0 Å². The molecule has 0 spiro atoms. The fourth-order valence-corrected chi connectivity index (χ4v) is 5.94. The van der Waals surface area contributed by atoms with Gasteiger partial charge in [0.15, 0.2) is 0 Å². The number of ether oxygens (including phenoxy) is 1. The summed E-state index contributed by atoms with van der Waals surface area (Å²) in [6, 6.07) is 31.0. The topological polar surface area (TPSA) is 40.6 Å². The average molecular weight is 493 g/mol. The number of pyridine rings is 1. The minimum atomic E-state index is 0.249. The van der Waals surface area contributed by atoms with Crippen molar-refractivity contribution in [2.45, 2.75) is 24.9 Å². The van der Waals surface area contributed by atoms with E-state index in [2.05, 4.69) is 80.8 Å². The smallest absolute Gasteiger partial charge is 0.213 e. The first-order chi connectivity index (χ1) is 18.3. The van der Waals surface area contributed by atoms with Gasteiger partial charge in [-0.1, -0.05) is 66.7 Å². The highest BCUT2D eigenvalue weighted by molar-refractivity contribution is 5.78. The number of likely N-dealkylation sites (N-methyl/N-ethyl adjacent to an activating group) is 1. The molecule has 0 bridgehead atoms. The van der Waals surface area contributed by atoms with Crippen LogP contribution in [0, 0.1) is 0 Å². The standard InChI is InChI=1S/C32H36N4O/c1-33-27(23-37-31-17-16-26-10-4-7-13-30(26)34-31)22-35-18-20-36(21-19-35)32-28-11-5-2-8-24(28)14-15-25-9-3-6-12-29(25)32/h2-13,16-17,27,32-33H,14-15,18-23H2,1H3. The molecule has 1 aliphatic heterocycles. The Morgan fingerprint density at radius 1 is 0.811 bits per heavy atom. The molecule has 5 nitrogen and oxygen atoms in total. The van der Waals surface area contributed by atoms with Gasteiger partial charge in [0, 0.05) is 44.2 Å². The molecule has 1 fully saturated rings. The number of hydrogen-bond donors (Lipinski definition) is 1. The number of aryl methyl sites for hydroxylation is 2. The first-order valence-electron chi connectivity index (χ1n) is 13.6. The first-order valence-corrected chi connectivity index (χ1v) is 13.6. The lowest BCUT2D eigenvalue weighted by molar-refractivity contribution is 0.0954. The normalized spacial score (nSPS) is 17.6. The highest BCUT2D eigenvalue weighted by Crippen LogP contribution is 2.37. The highest BCUT2D eigenvalue weighted by atomic mass is 16.5. The summed E-state index contributed by atoms with van der Waals surface area (Å²) >= 11 is 0. The van der Waals surface area contributed by atoms with E-state index >= 15 is 0 Å². The molecule has 2 heterocycles. The van der Waals surface area contributed by atoms with Crippen LogP contribution in [0.25, 0.3) is 10.9 Å². The van der Waals surface area contributed by atoms with Gasteiger partial charge in [0.2, 0.25) is 5.88 Å². The maximum absolute atomic E-state index is 6.11. The quantitative estimate of drug-likeness (QED) is 0.405. The molecule has 1 aliphatic carbocycles. The van der Waals surface area contributed by atoms with Crippen molar-refractivity contribution in [1.82, 2.24) is 20.1 Å². The predicted octanol–water partition coefficient (Wildman–Crippen LogP) is 4.71. The van der Waals surface area contributed by atoms with Crippen molar-refractivity contribution in [2.24, 2.45) is 0 Å². The molecule has 3 aromatic carbocycles. The summed E-state index contributed by atoms with van der Waals surface area (Å²) in [4.78, 5) is 9.93. The number of aromatic nitrogens is 1. The Hall–Kier alpha value is -3.25. The lowest BCUT2D eigenvalue weighted by Gasteiger charge is -2.41. The van der Waals surface area contributed by atoms with Crippen LogP contribution in [-0.2, 0) is 12.8 Å². The van der Waals surface area contributed by atoms with Gasteiger partial charge in [-0.15, -0.1) is 0 Å². The maximum Gasteiger partial charge on any atom is 0.213 e. The van der Waals surface area contributed by atoms with Gasteiger partial charge in [0.25, 0.3) is 0 Å². The van der Waals surface area contributed by atoms with Gasteiger partial charge in [-0.2, -0.15) is 0 Å². The number of nitrogens with zero attached hydrogens (tertiary/aromatic N) is 3. The third-order valence-corrected chi connectivity index (χ3v) is 8.03. The summed E-state index contributed by atoms with van der Waals surface area (Å²) in [5.41, 5.74) is 6.95. The summed E-state index contributed by atoms with van der Waals surface area (Å²) < 4.78 is 6.11. The largest absolute Gasteiger partial charge is 0.476 e. The number of fused-ring (bicyclic) bond motifs is 3. The van der Waals surface area contributed by atoms with Gasteiger partial charge in [-0.3, -0.25) is 9.80 Å². The Bertz CT molecular complexity index is 1300. The van der Waals surface area contributed by atoms with Crippen LogP contribution in [0.4, 0.5) is 0 Å². The fraction of sp³-hybridized carbons (Fsp3) is 0.344. The molecule has 6 rings (SSSR count). The van der Waals surface area contributed by atoms with E-state index in [0.29, 0.717) is 18.5 Å². The van der Waals surface area contributed by atoms with E-state index in [9.17, 15) is 0 Å². The zero-order valence-corrected chi connectivity index (χ0v) is 21.6. The zero-order chi connectivity index (χ0) is 25.0. The summed E-state index contributed by atoms with van der Waals surface area (Å²) in [6.07, 6.45) is 2.25. The molecule has 0 saturated carbocycles. The van der Waals surface area contributed by atoms with Crippen LogP contribution in [-0.4, -0.2) is 67.2 Å². The second-order valence-corrected chi connectivity index (χ2v) is 10.3. The minimum Gasteiger partial charge on any atom is -0.476 e. The van der Waals surface area contributed by atoms with Crippen LogP contribution in [0.15, 0.2) is 84.9 Å². The molecule has 0 radical (unpaired) electrons. The second-order valence-electron chi connectivity index (χ2n) is 10.3. The second kappa shape index (κ2) is 11.0. The molecule has 1 atom stereocenters. The molecular weight excluding hydrogens is 456 g/mol. The summed E-state index contributed by atoms with van der Waals surface area (Å²) in [5, 5.41) is 4.59. The molecule has 1 N–H and O–H groups in total. The third kappa shape index (κ3) is 5.26. The fourth-order valence-electron chi connectivity index (χ4n) is 5.94.